The van der Waals surface area contributed by atoms with Crippen molar-refractivity contribution in [2.24, 2.45) is 5.92 Å². The molecule has 1 aliphatic rings. The number of nitrogens with zero attached hydrogens (tertiary/aromatic N) is 1. The van der Waals surface area contributed by atoms with Crippen LogP contribution in [0.2, 0.25) is 5.02 Å². The van der Waals surface area contributed by atoms with Crippen molar-refractivity contribution in [2.75, 3.05) is 27.2 Å². The minimum Gasteiger partial charge on any atom is -0.490 e. The zero-order valence-corrected chi connectivity index (χ0v) is 22.3. The first-order valence-corrected chi connectivity index (χ1v) is 13.7. The lowest BCUT2D eigenvalue weighted by molar-refractivity contribution is -0.124. The summed E-state index contributed by atoms with van der Waals surface area (Å²) in [6.45, 7) is 0.541. The summed E-state index contributed by atoms with van der Waals surface area (Å²) in [5.41, 5.74) is 0.944. The van der Waals surface area contributed by atoms with E-state index in [0.717, 1.165) is 4.31 Å². The first-order valence-electron chi connectivity index (χ1n) is 11.9. The number of halogens is 1. The van der Waals surface area contributed by atoms with Crippen molar-refractivity contribution in [3.8, 4) is 5.75 Å². The Morgan fingerprint density at radius 1 is 0.865 bits per heavy atom. The fraction of sp³-hybridized carbons (Fsp3) is 0.400. The van der Waals surface area contributed by atoms with Gasteiger partial charge >= 0.3 is 10.2 Å². The maximum absolute atomic E-state index is 12.4. The third kappa shape index (κ3) is 8.44. The van der Waals surface area contributed by atoms with Gasteiger partial charge in [0.15, 0.2) is 0 Å². The number of ether oxygens (including phenoxy) is 1. The van der Waals surface area contributed by atoms with E-state index >= 15 is 0 Å². The maximum atomic E-state index is 12.4. The lowest BCUT2D eigenvalue weighted by Gasteiger charge is -2.28. The van der Waals surface area contributed by atoms with Gasteiger partial charge in [0.05, 0.1) is 6.10 Å². The molecule has 0 radical (unpaired) electrons. The Kier molecular flexibility index (Phi) is 9.90. The summed E-state index contributed by atoms with van der Waals surface area (Å²) >= 11 is 5.82. The van der Waals surface area contributed by atoms with Gasteiger partial charge in [-0.3, -0.25) is 14.4 Å². The second-order valence-corrected chi connectivity index (χ2v) is 11.2. The molecular formula is C25H31ClN4O6S. The first-order chi connectivity index (χ1) is 17.5. The monoisotopic (exact) mass is 550 g/mol. The molecule has 2 aromatic rings. The number of nitrogens with one attached hydrogen (secondary N) is 3. The van der Waals surface area contributed by atoms with E-state index in [0.29, 0.717) is 47.6 Å². The molecule has 0 aromatic heterocycles. The van der Waals surface area contributed by atoms with Crippen LogP contribution in [0.25, 0.3) is 0 Å². The Balaban J connectivity index is 1.38. The van der Waals surface area contributed by atoms with E-state index in [4.69, 9.17) is 16.3 Å². The molecule has 3 amide bonds. The molecule has 2 aromatic carbocycles. The van der Waals surface area contributed by atoms with Crippen molar-refractivity contribution in [1.82, 2.24) is 19.7 Å². The number of carbonyl (C=O) groups is 3. The molecule has 1 saturated carbocycles. The average Bonchev–Trinajstić information content (AvgIpc) is 2.87. The highest BCUT2D eigenvalue weighted by molar-refractivity contribution is 7.87. The zero-order valence-electron chi connectivity index (χ0n) is 20.7. The summed E-state index contributed by atoms with van der Waals surface area (Å²) in [6.07, 6.45) is 2.18. The average molecular weight is 551 g/mol. The third-order valence-electron chi connectivity index (χ3n) is 5.98. The summed E-state index contributed by atoms with van der Waals surface area (Å²) in [6, 6.07) is 13.3. The molecule has 0 spiro atoms. The fourth-order valence-corrected chi connectivity index (χ4v) is 4.51. The molecule has 0 heterocycles. The van der Waals surface area contributed by atoms with Crippen LogP contribution in [0.1, 0.15) is 46.4 Å². The van der Waals surface area contributed by atoms with Crippen LogP contribution in [0.4, 0.5) is 0 Å². The molecule has 1 fully saturated rings. The number of benzene rings is 2. The SMILES string of the molecule is CN(C)S(=O)(=O)NC(=O)C1CCC(Oc2ccc(C(=O)NCCNC(=O)c3ccc(Cl)cc3)cc2)CC1. The summed E-state index contributed by atoms with van der Waals surface area (Å²) in [5.74, 6) is -0.786. The Labute approximate surface area is 221 Å². The molecule has 0 atom stereocenters. The summed E-state index contributed by atoms with van der Waals surface area (Å²) < 4.78 is 32.7. The molecule has 12 heteroatoms. The molecule has 37 heavy (non-hydrogen) atoms. The van der Waals surface area contributed by atoms with Gasteiger partial charge in [0.25, 0.3) is 11.8 Å². The summed E-state index contributed by atoms with van der Waals surface area (Å²) in [4.78, 5) is 36.7. The predicted octanol–water partition coefficient (Wildman–Crippen LogP) is 2.36. The van der Waals surface area contributed by atoms with Crippen LogP contribution >= 0.6 is 11.6 Å². The molecule has 200 valence electrons. The Hall–Kier alpha value is -3.15. The van der Waals surface area contributed by atoms with Crippen LogP contribution in [0, 0.1) is 5.92 Å². The van der Waals surface area contributed by atoms with E-state index in [-0.39, 0.29) is 36.9 Å². The fourth-order valence-electron chi connectivity index (χ4n) is 3.78. The molecule has 0 aliphatic heterocycles. The van der Waals surface area contributed by atoms with Gasteiger partial charge in [-0.1, -0.05) is 11.6 Å². The molecule has 0 bridgehead atoms. The van der Waals surface area contributed by atoms with Gasteiger partial charge in [0.2, 0.25) is 5.91 Å². The summed E-state index contributed by atoms with van der Waals surface area (Å²) in [7, 11) is -1.08. The van der Waals surface area contributed by atoms with Gasteiger partial charge in [-0.2, -0.15) is 12.7 Å². The number of hydrogen-bond donors (Lipinski definition) is 3. The van der Waals surface area contributed by atoms with Crippen LogP contribution in [0.5, 0.6) is 5.75 Å². The second-order valence-electron chi connectivity index (χ2n) is 8.89. The Bertz CT molecular complexity index is 1190. The first kappa shape index (κ1) is 28.4. The van der Waals surface area contributed by atoms with Gasteiger partial charge in [0, 0.05) is 49.3 Å². The van der Waals surface area contributed by atoms with E-state index in [1.165, 1.54) is 14.1 Å². The highest BCUT2D eigenvalue weighted by Gasteiger charge is 2.30. The molecule has 0 saturated heterocycles. The second kappa shape index (κ2) is 12.9. The largest absolute Gasteiger partial charge is 0.490 e. The van der Waals surface area contributed by atoms with Crippen LogP contribution < -0.4 is 20.1 Å². The van der Waals surface area contributed by atoms with Crippen LogP contribution in [0.3, 0.4) is 0 Å². The van der Waals surface area contributed by atoms with Crippen LogP contribution in [-0.4, -0.2) is 63.7 Å². The minimum absolute atomic E-state index is 0.0987. The number of rotatable bonds is 10. The number of amides is 3. The van der Waals surface area contributed by atoms with E-state index in [1.54, 1.807) is 48.5 Å². The van der Waals surface area contributed by atoms with Crippen molar-refractivity contribution in [3.05, 3.63) is 64.7 Å². The quantitative estimate of drug-likeness (QED) is 0.389. The summed E-state index contributed by atoms with van der Waals surface area (Å²) in [5, 5.41) is 6.04. The molecule has 10 nitrogen and oxygen atoms in total. The molecular weight excluding hydrogens is 520 g/mol. The van der Waals surface area contributed by atoms with Crippen molar-refractivity contribution in [1.29, 1.82) is 0 Å². The topological polar surface area (TPSA) is 134 Å². The predicted molar refractivity (Wildman–Crippen MR) is 140 cm³/mol. The molecule has 3 rings (SSSR count). The van der Waals surface area contributed by atoms with E-state index in [1.807, 2.05) is 0 Å². The van der Waals surface area contributed by atoms with Crippen molar-refractivity contribution < 1.29 is 27.5 Å². The van der Waals surface area contributed by atoms with Gasteiger partial charge in [-0.15, -0.1) is 0 Å². The smallest absolute Gasteiger partial charge is 0.303 e. The van der Waals surface area contributed by atoms with Gasteiger partial charge < -0.3 is 15.4 Å². The highest BCUT2D eigenvalue weighted by atomic mass is 35.5. The lowest BCUT2D eigenvalue weighted by Crippen LogP contribution is -2.43. The van der Waals surface area contributed by atoms with Gasteiger partial charge in [-0.25, -0.2) is 4.72 Å². The minimum atomic E-state index is -3.80. The third-order valence-corrected chi connectivity index (χ3v) is 7.65. The van der Waals surface area contributed by atoms with E-state index < -0.39 is 16.1 Å². The molecule has 1 aliphatic carbocycles. The van der Waals surface area contributed by atoms with E-state index in [2.05, 4.69) is 15.4 Å². The molecule has 3 N–H and O–H groups in total. The molecule has 0 unspecified atom stereocenters. The standard InChI is InChI=1S/C25H31ClN4O6S/c1-30(2)37(34,35)29-25(33)19-7-13-22(14-8-19)36-21-11-5-18(6-12-21)24(32)28-16-15-27-23(31)17-3-9-20(26)10-4-17/h3-6,9-12,19,22H,7-8,13-16H2,1-2H3,(H,27,31)(H,28,32)(H,29,33). The van der Waals surface area contributed by atoms with Crippen molar-refractivity contribution >= 4 is 39.5 Å². The van der Waals surface area contributed by atoms with E-state index in [9.17, 15) is 22.8 Å². The number of carbonyl (C=O) groups excluding carboxylic acids is 3. The van der Waals surface area contributed by atoms with Crippen LogP contribution in [0.15, 0.2) is 48.5 Å². The normalized spacial score (nSPS) is 17.6. The highest BCUT2D eigenvalue weighted by Crippen LogP contribution is 2.28. The van der Waals surface area contributed by atoms with Gasteiger partial charge in [0.1, 0.15) is 5.75 Å². The lowest BCUT2D eigenvalue weighted by atomic mass is 9.87. The number of hydrogen-bond acceptors (Lipinski definition) is 6. The van der Waals surface area contributed by atoms with Gasteiger partial charge in [-0.05, 0) is 74.2 Å². The Morgan fingerprint density at radius 2 is 1.35 bits per heavy atom. The van der Waals surface area contributed by atoms with Crippen molar-refractivity contribution in [2.45, 2.75) is 31.8 Å². The maximum Gasteiger partial charge on any atom is 0.303 e. The van der Waals surface area contributed by atoms with Crippen molar-refractivity contribution in [3.63, 3.8) is 0 Å². The zero-order chi connectivity index (χ0) is 27.0. The Morgan fingerprint density at radius 3 is 1.84 bits per heavy atom. The van der Waals surface area contributed by atoms with Crippen LogP contribution in [-0.2, 0) is 15.0 Å².